The summed E-state index contributed by atoms with van der Waals surface area (Å²) in [5.74, 6) is 0.494. The van der Waals surface area contributed by atoms with E-state index in [9.17, 15) is 4.79 Å². The van der Waals surface area contributed by atoms with Gasteiger partial charge in [-0.1, -0.05) is 55.3 Å². The van der Waals surface area contributed by atoms with E-state index in [-0.39, 0.29) is 0 Å². The van der Waals surface area contributed by atoms with Crippen molar-refractivity contribution in [3.05, 3.63) is 78.4 Å². The molecule has 1 aliphatic rings. The Morgan fingerprint density at radius 3 is 2.38 bits per heavy atom. The molecule has 0 radical (unpaired) electrons. The van der Waals surface area contributed by atoms with Crippen molar-refractivity contribution in [2.75, 3.05) is 42.6 Å². The average molecular weight is 500 g/mol. The van der Waals surface area contributed by atoms with E-state index in [2.05, 4.69) is 45.2 Å². The molecule has 0 aliphatic carbocycles. The Bertz CT molecular complexity index is 1310. The minimum atomic E-state index is -0.474. The molecule has 8 nitrogen and oxygen atoms in total. The predicted molar refractivity (Wildman–Crippen MR) is 145 cm³/mol. The lowest BCUT2D eigenvalue weighted by molar-refractivity contribution is 0.0409. The fourth-order valence-corrected chi connectivity index (χ4v) is 4.61. The number of fused-ring (bicyclic) bond motifs is 1. The van der Waals surface area contributed by atoms with Crippen LogP contribution in [0, 0.1) is 0 Å². The summed E-state index contributed by atoms with van der Waals surface area (Å²) in [5, 5.41) is 7.94. The first kappa shape index (κ1) is 24.6. The Hall–Kier alpha value is -4.07. The van der Waals surface area contributed by atoms with E-state index >= 15 is 0 Å². The second kappa shape index (κ2) is 11.8. The van der Waals surface area contributed by atoms with Crippen LogP contribution in [0.25, 0.3) is 11.0 Å². The number of carbonyl (C=O) groups excluding carboxylic acids is 1. The third-order valence-electron chi connectivity index (χ3n) is 6.70. The first-order chi connectivity index (χ1) is 18.2. The highest BCUT2D eigenvalue weighted by atomic mass is 16.7. The van der Waals surface area contributed by atoms with Gasteiger partial charge in [0.2, 0.25) is 0 Å². The molecule has 37 heavy (non-hydrogen) atoms. The second-order valence-corrected chi connectivity index (χ2v) is 9.23. The number of para-hydroxylation sites is 3. The van der Waals surface area contributed by atoms with Crippen LogP contribution < -0.4 is 19.4 Å². The molecule has 0 amide bonds. The quantitative estimate of drug-likeness (QED) is 0.225. The molecule has 1 aromatic heterocycles. The molecule has 0 bridgehead atoms. The van der Waals surface area contributed by atoms with Crippen LogP contribution in [0.2, 0.25) is 0 Å². The van der Waals surface area contributed by atoms with Crippen molar-refractivity contribution >= 4 is 28.4 Å². The number of ether oxygens (including phenoxy) is 1. The van der Waals surface area contributed by atoms with Crippen molar-refractivity contribution < 1.29 is 14.4 Å². The van der Waals surface area contributed by atoms with Crippen LogP contribution in [-0.2, 0) is 0 Å². The third-order valence-corrected chi connectivity index (χ3v) is 6.70. The van der Waals surface area contributed by atoms with Crippen LogP contribution in [0.1, 0.15) is 43.0 Å². The highest BCUT2D eigenvalue weighted by Gasteiger charge is 2.21. The van der Waals surface area contributed by atoms with Crippen molar-refractivity contribution in [3.63, 3.8) is 0 Å². The molecular weight excluding hydrogens is 466 g/mol. The number of hydrogen-bond acceptors (Lipinski definition) is 7. The molecule has 0 unspecified atom stereocenters. The number of rotatable bonds is 10. The lowest BCUT2D eigenvalue weighted by atomic mass is 10.1. The molecule has 1 fully saturated rings. The Balaban J connectivity index is 1.16. The van der Waals surface area contributed by atoms with Gasteiger partial charge in [0, 0.05) is 31.9 Å². The fourth-order valence-electron chi connectivity index (χ4n) is 4.61. The SMILES string of the molecule is CCCCCCOc1ccccc1N1CCN(c2ccc(C(=O)On3nnc4ccccc43)cc2)CC1. The van der Waals surface area contributed by atoms with Gasteiger partial charge in [0.15, 0.2) is 0 Å². The number of carbonyl (C=O) groups is 1. The minimum absolute atomic E-state index is 0.465. The van der Waals surface area contributed by atoms with Crippen molar-refractivity contribution in [2.45, 2.75) is 32.6 Å². The summed E-state index contributed by atoms with van der Waals surface area (Å²) in [5.41, 5.74) is 4.03. The smallest absolute Gasteiger partial charge is 0.365 e. The van der Waals surface area contributed by atoms with Gasteiger partial charge >= 0.3 is 5.97 Å². The van der Waals surface area contributed by atoms with Crippen LogP contribution in [0.3, 0.4) is 0 Å². The first-order valence-corrected chi connectivity index (χ1v) is 13.1. The van der Waals surface area contributed by atoms with Crippen molar-refractivity contribution in [3.8, 4) is 5.75 Å². The zero-order chi connectivity index (χ0) is 25.5. The van der Waals surface area contributed by atoms with Gasteiger partial charge in [0.1, 0.15) is 16.8 Å². The van der Waals surface area contributed by atoms with Gasteiger partial charge in [-0.2, -0.15) is 0 Å². The number of benzene rings is 3. The van der Waals surface area contributed by atoms with Gasteiger partial charge in [-0.25, -0.2) is 4.79 Å². The Morgan fingerprint density at radius 1 is 0.838 bits per heavy atom. The van der Waals surface area contributed by atoms with Crippen LogP contribution in [0.5, 0.6) is 5.75 Å². The zero-order valence-electron chi connectivity index (χ0n) is 21.3. The normalized spacial score (nSPS) is 13.6. The number of hydrogen-bond donors (Lipinski definition) is 0. The first-order valence-electron chi connectivity index (χ1n) is 13.1. The molecule has 0 N–H and O–H groups in total. The van der Waals surface area contributed by atoms with Crippen LogP contribution >= 0.6 is 0 Å². The third kappa shape index (κ3) is 5.85. The molecule has 2 heterocycles. The van der Waals surface area contributed by atoms with E-state index in [4.69, 9.17) is 9.57 Å². The van der Waals surface area contributed by atoms with E-state index in [1.54, 1.807) is 12.1 Å². The lowest BCUT2D eigenvalue weighted by Gasteiger charge is -2.38. The topological polar surface area (TPSA) is 72.7 Å². The van der Waals surface area contributed by atoms with Crippen LogP contribution in [-0.4, -0.2) is 53.9 Å². The number of nitrogens with zero attached hydrogens (tertiary/aromatic N) is 5. The average Bonchev–Trinajstić information content (AvgIpc) is 3.36. The Labute approximate surface area is 217 Å². The zero-order valence-corrected chi connectivity index (χ0v) is 21.3. The number of unbranched alkanes of at least 4 members (excludes halogenated alkanes) is 3. The summed E-state index contributed by atoms with van der Waals surface area (Å²) in [7, 11) is 0. The fraction of sp³-hybridized carbons (Fsp3) is 0.345. The summed E-state index contributed by atoms with van der Waals surface area (Å²) in [6.07, 6.45) is 4.79. The van der Waals surface area contributed by atoms with Gasteiger partial charge in [-0.3, -0.25) is 0 Å². The Kier molecular flexibility index (Phi) is 7.84. The number of aromatic nitrogens is 3. The highest BCUT2D eigenvalue weighted by molar-refractivity contribution is 5.90. The summed E-state index contributed by atoms with van der Waals surface area (Å²) in [6, 6.07) is 23.2. The molecule has 8 heteroatoms. The van der Waals surface area contributed by atoms with Gasteiger partial charge in [0.25, 0.3) is 0 Å². The lowest BCUT2D eigenvalue weighted by Crippen LogP contribution is -2.46. The Morgan fingerprint density at radius 2 is 1.57 bits per heavy atom. The van der Waals surface area contributed by atoms with E-state index in [1.165, 1.54) is 19.3 Å². The van der Waals surface area contributed by atoms with E-state index in [0.717, 1.165) is 61.2 Å². The number of anilines is 2. The maximum absolute atomic E-state index is 12.7. The maximum atomic E-state index is 12.7. The van der Waals surface area contributed by atoms with Gasteiger partial charge in [-0.05, 0) is 60.2 Å². The summed E-state index contributed by atoms with van der Waals surface area (Å²) >= 11 is 0. The molecule has 1 saturated heterocycles. The maximum Gasteiger partial charge on any atom is 0.365 e. The summed E-state index contributed by atoms with van der Waals surface area (Å²) in [4.78, 5) is 24.0. The predicted octanol–water partition coefficient (Wildman–Crippen LogP) is 4.99. The molecule has 3 aromatic carbocycles. The molecule has 4 aromatic rings. The van der Waals surface area contributed by atoms with E-state index in [1.807, 2.05) is 42.5 Å². The number of piperazine rings is 1. The molecule has 0 atom stereocenters. The highest BCUT2D eigenvalue weighted by Crippen LogP contribution is 2.30. The molecular formula is C29H33N5O3. The van der Waals surface area contributed by atoms with Gasteiger partial charge < -0.3 is 19.4 Å². The van der Waals surface area contributed by atoms with E-state index < -0.39 is 5.97 Å². The van der Waals surface area contributed by atoms with Crippen molar-refractivity contribution in [2.24, 2.45) is 0 Å². The van der Waals surface area contributed by atoms with E-state index in [0.29, 0.717) is 16.6 Å². The second-order valence-electron chi connectivity index (χ2n) is 9.23. The standard InChI is InChI=1S/C29H33N5O3/c1-2-3-4-9-22-36-28-13-8-7-12-27(28)33-20-18-32(19-21-33)24-16-14-23(15-17-24)29(35)37-34-26-11-6-5-10-25(26)30-31-34/h5-8,10-17H,2-4,9,18-22H2,1H3. The van der Waals surface area contributed by atoms with Crippen LogP contribution in [0.15, 0.2) is 72.8 Å². The van der Waals surface area contributed by atoms with Crippen LogP contribution in [0.4, 0.5) is 11.4 Å². The summed E-state index contributed by atoms with van der Waals surface area (Å²) in [6.45, 7) is 6.57. The molecule has 1 aliphatic heterocycles. The van der Waals surface area contributed by atoms with Gasteiger partial charge in [0.05, 0.1) is 17.9 Å². The van der Waals surface area contributed by atoms with Gasteiger partial charge in [-0.15, -0.1) is 5.10 Å². The minimum Gasteiger partial charge on any atom is -0.491 e. The summed E-state index contributed by atoms with van der Waals surface area (Å²) < 4.78 is 6.14. The molecule has 192 valence electrons. The molecule has 0 spiro atoms. The molecule has 5 rings (SSSR count). The monoisotopic (exact) mass is 499 g/mol. The molecule has 0 saturated carbocycles. The largest absolute Gasteiger partial charge is 0.491 e. The van der Waals surface area contributed by atoms with Crippen molar-refractivity contribution in [1.82, 2.24) is 15.2 Å². The van der Waals surface area contributed by atoms with Crippen molar-refractivity contribution in [1.29, 1.82) is 0 Å².